The molecule has 0 aliphatic carbocycles. The first-order valence-electron chi connectivity index (χ1n) is 8.42. The van der Waals surface area contributed by atoms with E-state index in [-0.39, 0.29) is 30.3 Å². The maximum Gasteiger partial charge on any atom is 0.237 e. The van der Waals surface area contributed by atoms with Gasteiger partial charge in [-0.1, -0.05) is 24.3 Å². The minimum atomic E-state index is -3.19. The average molecular weight is 431 g/mol. The number of carbonyl (C=O) groups is 1. The fraction of sp³-hybridized carbons (Fsp3) is 0.316. The van der Waals surface area contributed by atoms with Gasteiger partial charge in [-0.2, -0.15) is 0 Å². The van der Waals surface area contributed by atoms with E-state index >= 15 is 0 Å². The van der Waals surface area contributed by atoms with Gasteiger partial charge in [0.15, 0.2) is 11.6 Å². The highest BCUT2D eigenvalue weighted by Crippen LogP contribution is 2.26. The Morgan fingerprint density at radius 3 is 2.43 bits per heavy atom. The Morgan fingerprint density at radius 2 is 1.86 bits per heavy atom. The van der Waals surface area contributed by atoms with E-state index < -0.39 is 33.6 Å². The van der Waals surface area contributed by atoms with Crippen LogP contribution in [-0.4, -0.2) is 32.4 Å². The van der Waals surface area contributed by atoms with Gasteiger partial charge in [-0.3, -0.25) is 4.79 Å². The maximum absolute atomic E-state index is 14.3. The van der Waals surface area contributed by atoms with Gasteiger partial charge in [0.2, 0.25) is 5.91 Å². The molecule has 2 unspecified atom stereocenters. The lowest BCUT2D eigenvalue weighted by atomic mass is 10.1. The van der Waals surface area contributed by atoms with Crippen molar-refractivity contribution in [2.24, 2.45) is 5.73 Å². The second-order valence-corrected chi connectivity index (χ2v) is 8.62. The standard InChI is InChI=1S/C19H23FN2O4S.ClH/c1-13(22-19(23)17(21)10-11-27(2,24)25)14-8-9-18(16(20)12-14)26-15-6-4-3-5-7-15;/h3-9,12-13,17H,10-11,21H2,1-2H3,(H,22,23);1H. The number of nitrogens with two attached hydrogens (primary N) is 1. The molecule has 2 aromatic rings. The summed E-state index contributed by atoms with van der Waals surface area (Å²) in [6.07, 6.45) is 1.11. The van der Waals surface area contributed by atoms with Crippen molar-refractivity contribution in [1.29, 1.82) is 0 Å². The summed E-state index contributed by atoms with van der Waals surface area (Å²) in [5.74, 6) is -0.624. The van der Waals surface area contributed by atoms with Gasteiger partial charge in [-0.25, -0.2) is 12.8 Å². The van der Waals surface area contributed by atoms with E-state index in [0.29, 0.717) is 11.3 Å². The number of carbonyl (C=O) groups excluding carboxylic acids is 1. The predicted octanol–water partition coefficient (Wildman–Crippen LogP) is 2.98. The Bertz CT molecular complexity index is 894. The first kappa shape index (κ1) is 23.9. The van der Waals surface area contributed by atoms with Gasteiger partial charge < -0.3 is 15.8 Å². The highest BCUT2D eigenvalue weighted by Gasteiger charge is 2.19. The fourth-order valence-corrected chi connectivity index (χ4v) is 3.04. The highest BCUT2D eigenvalue weighted by molar-refractivity contribution is 7.90. The molecule has 0 spiro atoms. The summed E-state index contributed by atoms with van der Waals surface area (Å²) in [6.45, 7) is 1.69. The normalized spacial score (nSPS) is 13.1. The molecular formula is C19H24ClFN2O4S. The molecule has 2 atom stereocenters. The third-order valence-corrected chi connectivity index (χ3v) is 4.90. The van der Waals surface area contributed by atoms with Crippen molar-refractivity contribution >= 4 is 28.2 Å². The number of rotatable bonds is 8. The topological polar surface area (TPSA) is 98.5 Å². The Hall–Kier alpha value is -2.16. The summed E-state index contributed by atoms with van der Waals surface area (Å²) < 4.78 is 42.1. The molecule has 9 heteroatoms. The Morgan fingerprint density at radius 1 is 1.21 bits per heavy atom. The largest absolute Gasteiger partial charge is 0.454 e. The van der Waals surface area contributed by atoms with Crippen molar-refractivity contribution < 1.29 is 22.3 Å². The minimum absolute atomic E-state index is 0. The van der Waals surface area contributed by atoms with Gasteiger partial charge in [0.25, 0.3) is 0 Å². The quantitative estimate of drug-likeness (QED) is 0.670. The van der Waals surface area contributed by atoms with Crippen LogP contribution in [0.15, 0.2) is 48.5 Å². The Labute approximate surface area is 170 Å². The number of sulfone groups is 1. The molecule has 0 aliphatic rings. The van der Waals surface area contributed by atoms with Crippen molar-refractivity contribution in [2.45, 2.75) is 25.4 Å². The molecule has 0 radical (unpaired) electrons. The molecule has 1 amide bonds. The number of hydrogen-bond donors (Lipinski definition) is 2. The third-order valence-electron chi connectivity index (χ3n) is 3.92. The molecule has 3 N–H and O–H groups in total. The van der Waals surface area contributed by atoms with Crippen LogP contribution in [0, 0.1) is 5.82 Å². The number of para-hydroxylation sites is 1. The first-order valence-corrected chi connectivity index (χ1v) is 10.5. The lowest BCUT2D eigenvalue weighted by Gasteiger charge is -2.18. The number of amides is 1. The zero-order valence-electron chi connectivity index (χ0n) is 15.6. The number of halogens is 2. The van der Waals surface area contributed by atoms with Gasteiger partial charge >= 0.3 is 0 Å². The molecular weight excluding hydrogens is 407 g/mol. The van der Waals surface area contributed by atoms with E-state index in [1.54, 1.807) is 37.3 Å². The zero-order chi connectivity index (χ0) is 20.0. The lowest BCUT2D eigenvalue weighted by Crippen LogP contribution is -2.42. The molecule has 2 aromatic carbocycles. The van der Waals surface area contributed by atoms with Crippen LogP contribution in [0.5, 0.6) is 11.5 Å². The van der Waals surface area contributed by atoms with Crippen molar-refractivity contribution in [1.82, 2.24) is 5.32 Å². The summed E-state index contributed by atoms with van der Waals surface area (Å²) in [5, 5.41) is 2.66. The molecule has 0 bridgehead atoms. The molecule has 154 valence electrons. The van der Waals surface area contributed by atoms with E-state index in [9.17, 15) is 17.6 Å². The van der Waals surface area contributed by atoms with Crippen molar-refractivity contribution in [3.05, 3.63) is 59.9 Å². The van der Waals surface area contributed by atoms with Gasteiger partial charge in [0, 0.05) is 6.26 Å². The first-order chi connectivity index (χ1) is 12.7. The van der Waals surface area contributed by atoms with Gasteiger partial charge in [-0.05, 0) is 43.2 Å². The molecule has 6 nitrogen and oxygen atoms in total. The Kier molecular flexibility index (Phi) is 8.87. The second kappa shape index (κ2) is 10.4. The summed E-state index contributed by atoms with van der Waals surface area (Å²) in [7, 11) is -3.19. The van der Waals surface area contributed by atoms with E-state index in [2.05, 4.69) is 5.32 Å². The summed E-state index contributed by atoms with van der Waals surface area (Å²) in [6, 6.07) is 11.8. The smallest absolute Gasteiger partial charge is 0.237 e. The minimum Gasteiger partial charge on any atom is -0.454 e. The number of hydrogen-bond acceptors (Lipinski definition) is 5. The zero-order valence-corrected chi connectivity index (χ0v) is 17.2. The second-order valence-electron chi connectivity index (χ2n) is 6.36. The van der Waals surface area contributed by atoms with Crippen LogP contribution in [0.4, 0.5) is 4.39 Å². The molecule has 28 heavy (non-hydrogen) atoms. The lowest BCUT2D eigenvalue weighted by molar-refractivity contribution is -0.123. The van der Waals surface area contributed by atoms with E-state index in [1.165, 1.54) is 12.1 Å². The number of nitrogens with one attached hydrogen (secondary N) is 1. The molecule has 0 fully saturated rings. The molecule has 0 saturated carbocycles. The van der Waals surface area contributed by atoms with Crippen molar-refractivity contribution in [3.8, 4) is 11.5 Å². The Balaban J connectivity index is 0.00000392. The monoisotopic (exact) mass is 430 g/mol. The van der Waals surface area contributed by atoms with Crippen LogP contribution in [0.2, 0.25) is 0 Å². The molecule has 0 heterocycles. The van der Waals surface area contributed by atoms with Crippen LogP contribution in [0.25, 0.3) is 0 Å². The number of benzene rings is 2. The van der Waals surface area contributed by atoms with Crippen LogP contribution in [0.3, 0.4) is 0 Å². The summed E-state index contributed by atoms with van der Waals surface area (Å²) in [4.78, 5) is 12.1. The average Bonchev–Trinajstić information content (AvgIpc) is 2.61. The van der Waals surface area contributed by atoms with Crippen molar-refractivity contribution in [2.75, 3.05) is 12.0 Å². The van der Waals surface area contributed by atoms with E-state index in [4.69, 9.17) is 10.5 Å². The molecule has 0 aromatic heterocycles. The molecule has 2 rings (SSSR count). The van der Waals surface area contributed by atoms with Crippen LogP contribution in [-0.2, 0) is 14.6 Å². The SMILES string of the molecule is CC(NC(=O)C(N)CCS(C)(=O)=O)c1ccc(Oc2ccccc2)c(F)c1.Cl. The summed E-state index contributed by atoms with van der Waals surface area (Å²) >= 11 is 0. The maximum atomic E-state index is 14.3. The highest BCUT2D eigenvalue weighted by atomic mass is 35.5. The van der Waals surface area contributed by atoms with E-state index in [0.717, 1.165) is 6.26 Å². The van der Waals surface area contributed by atoms with Crippen LogP contribution < -0.4 is 15.8 Å². The number of ether oxygens (including phenoxy) is 1. The molecule has 0 aliphatic heterocycles. The van der Waals surface area contributed by atoms with Crippen LogP contribution in [0.1, 0.15) is 24.9 Å². The van der Waals surface area contributed by atoms with Crippen LogP contribution >= 0.6 is 12.4 Å². The van der Waals surface area contributed by atoms with E-state index in [1.807, 2.05) is 6.07 Å². The van der Waals surface area contributed by atoms with Crippen molar-refractivity contribution in [3.63, 3.8) is 0 Å². The summed E-state index contributed by atoms with van der Waals surface area (Å²) in [5.41, 5.74) is 6.26. The predicted molar refractivity (Wildman–Crippen MR) is 109 cm³/mol. The fourth-order valence-electron chi connectivity index (χ4n) is 2.36. The molecule has 0 saturated heterocycles. The van der Waals surface area contributed by atoms with Gasteiger partial charge in [0.05, 0.1) is 17.8 Å². The van der Waals surface area contributed by atoms with Gasteiger partial charge in [-0.15, -0.1) is 12.4 Å². The third kappa shape index (κ3) is 7.46. The van der Waals surface area contributed by atoms with Gasteiger partial charge in [0.1, 0.15) is 15.6 Å².